The summed E-state index contributed by atoms with van der Waals surface area (Å²) in [6, 6.07) is 1.86. The Kier molecular flexibility index (Phi) is 4.15. The molecule has 1 heterocycles. The lowest BCUT2D eigenvalue weighted by atomic mass is 10.2. The molecule has 4 nitrogen and oxygen atoms in total. The number of thiophene rings is 1. The predicted octanol–water partition coefficient (Wildman–Crippen LogP) is 1.98. The van der Waals surface area contributed by atoms with Gasteiger partial charge in [-0.05, 0) is 30.9 Å². The zero-order valence-electron chi connectivity index (χ0n) is 9.99. The molecule has 1 amide bonds. The topological polar surface area (TPSA) is 64.4 Å². The van der Waals surface area contributed by atoms with Crippen LogP contribution in [0.2, 0.25) is 0 Å². The van der Waals surface area contributed by atoms with E-state index in [4.69, 9.17) is 10.6 Å². The molecule has 1 aromatic rings. The molecular weight excluding hydrogens is 236 g/mol. The van der Waals surface area contributed by atoms with Gasteiger partial charge in [0.2, 0.25) is 0 Å². The fraction of sp³-hybridized carbons (Fsp3) is 0.583. The van der Waals surface area contributed by atoms with Crippen molar-refractivity contribution in [1.82, 2.24) is 5.43 Å². The van der Waals surface area contributed by atoms with Crippen molar-refractivity contribution in [3.63, 3.8) is 0 Å². The number of hydrazine groups is 1. The largest absolute Gasteiger partial charge is 0.377 e. The normalized spacial score (nSPS) is 14.9. The van der Waals surface area contributed by atoms with Gasteiger partial charge in [-0.1, -0.05) is 12.8 Å². The molecule has 1 saturated carbocycles. The molecule has 0 saturated heterocycles. The first-order valence-electron chi connectivity index (χ1n) is 5.88. The van der Waals surface area contributed by atoms with Crippen molar-refractivity contribution in [2.45, 2.75) is 32.8 Å². The molecule has 0 atom stereocenters. The van der Waals surface area contributed by atoms with Crippen molar-refractivity contribution < 1.29 is 9.53 Å². The second-order valence-electron chi connectivity index (χ2n) is 4.45. The maximum atomic E-state index is 11.3. The molecule has 0 spiro atoms. The first-order valence-corrected chi connectivity index (χ1v) is 6.70. The molecular formula is C12H18N2O2S. The van der Waals surface area contributed by atoms with Gasteiger partial charge in [-0.15, -0.1) is 11.3 Å². The Bertz CT molecular complexity index is 399. The lowest BCUT2D eigenvalue weighted by molar-refractivity contribution is 0.0957. The number of aryl methyl sites for hydroxylation is 1. The van der Waals surface area contributed by atoms with Crippen molar-refractivity contribution >= 4 is 17.2 Å². The van der Waals surface area contributed by atoms with Gasteiger partial charge >= 0.3 is 0 Å². The predicted molar refractivity (Wildman–Crippen MR) is 67.7 cm³/mol. The average molecular weight is 254 g/mol. The second-order valence-corrected chi connectivity index (χ2v) is 5.71. The van der Waals surface area contributed by atoms with Crippen LogP contribution in [-0.4, -0.2) is 12.5 Å². The molecule has 0 unspecified atom stereocenters. The number of amides is 1. The van der Waals surface area contributed by atoms with Crippen LogP contribution in [-0.2, 0) is 11.3 Å². The van der Waals surface area contributed by atoms with E-state index in [1.165, 1.54) is 30.6 Å². The van der Waals surface area contributed by atoms with Gasteiger partial charge in [0.05, 0.1) is 11.5 Å². The van der Waals surface area contributed by atoms with Gasteiger partial charge in [0, 0.05) is 11.5 Å². The van der Waals surface area contributed by atoms with E-state index in [1.807, 2.05) is 13.0 Å². The fourth-order valence-electron chi connectivity index (χ4n) is 1.68. The van der Waals surface area contributed by atoms with Crippen molar-refractivity contribution in [2.24, 2.45) is 11.8 Å². The van der Waals surface area contributed by atoms with Gasteiger partial charge < -0.3 is 4.74 Å². The van der Waals surface area contributed by atoms with Crippen LogP contribution in [0, 0.1) is 12.8 Å². The average Bonchev–Trinajstić information content (AvgIpc) is 3.08. The third-order valence-corrected chi connectivity index (χ3v) is 4.09. The quantitative estimate of drug-likeness (QED) is 0.353. The Morgan fingerprint density at radius 1 is 1.65 bits per heavy atom. The SMILES string of the molecule is Cc1sc(C(=O)NN)cc1COCCC1CC1. The molecule has 1 aliphatic rings. The summed E-state index contributed by atoms with van der Waals surface area (Å²) in [4.78, 5) is 13.1. The number of ether oxygens (including phenoxy) is 1. The number of nitrogen functional groups attached to an aromatic ring is 1. The van der Waals surface area contributed by atoms with Crippen LogP contribution in [0.15, 0.2) is 6.07 Å². The summed E-state index contributed by atoms with van der Waals surface area (Å²) in [5.41, 5.74) is 3.23. The molecule has 1 aliphatic carbocycles. The van der Waals surface area contributed by atoms with E-state index in [0.717, 1.165) is 23.0 Å². The first-order chi connectivity index (χ1) is 8.20. The molecule has 0 radical (unpaired) electrons. The lowest BCUT2D eigenvalue weighted by Crippen LogP contribution is -2.29. The highest BCUT2D eigenvalue weighted by Gasteiger charge is 2.20. The Morgan fingerprint density at radius 3 is 3.06 bits per heavy atom. The number of nitrogens with one attached hydrogen (secondary N) is 1. The number of hydrogen-bond acceptors (Lipinski definition) is 4. The molecule has 1 fully saturated rings. The molecule has 3 N–H and O–H groups in total. The van der Waals surface area contributed by atoms with Gasteiger partial charge in [-0.2, -0.15) is 0 Å². The van der Waals surface area contributed by atoms with E-state index in [2.05, 4.69) is 5.43 Å². The van der Waals surface area contributed by atoms with Crippen LogP contribution in [0.5, 0.6) is 0 Å². The van der Waals surface area contributed by atoms with Gasteiger partial charge in [0.1, 0.15) is 0 Å². The van der Waals surface area contributed by atoms with Gasteiger partial charge in [0.25, 0.3) is 5.91 Å². The second kappa shape index (κ2) is 5.62. The van der Waals surface area contributed by atoms with E-state index in [-0.39, 0.29) is 5.91 Å². The smallest absolute Gasteiger partial charge is 0.275 e. The van der Waals surface area contributed by atoms with Gasteiger partial charge in [-0.25, -0.2) is 5.84 Å². The fourth-order valence-corrected chi connectivity index (χ4v) is 2.62. The third-order valence-electron chi connectivity index (χ3n) is 3.00. The van der Waals surface area contributed by atoms with Crippen LogP contribution in [0.4, 0.5) is 0 Å². The van der Waals surface area contributed by atoms with Crippen molar-refractivity contribution in [3.8, 4) is 0 Å². The molecule has 1 aromatic heterocycles. The van der Waals surface area contributed by atoms with Crippen LogP contribution < -0.4 is 11.3 Å². The van der Waals surface area contributed by atoms with E-state index in [0.29, 0.717) is 11.5 Å². The summed E-state index contributed by atoms with van der Waals surface area (Å²) in [6.45, 7) is 3.41. The highest BCUT2D eigenvalue weighted by molar-refractivity contribution is 7.14. The van der Waals surface area contributed by atoms with E-state index in [1.54, 1.807) is 0 Å². The van der Waals surface area contributed by atoms with Crippen LogP contribution in [0.1, 0.15) is 39.4 Å². The van der Waals surface area contributed by atoms with Crippen molar-refractivity contribution in [3.05, 3.63) is 21.4 Å². The standard InChI is InChI=1S/C12H18N2O2S/c1-8-10(6-11(17-8)12(15)14-13)7-16-5-4-9-2-3-9/h6,9H,2-5,7,13H2,1H3,(H,14,15). The lowest BCUT2D eigenvalue weighted by Gasteiger charge is -2.02. The number of carbonyl (C=O) groups is 1. The zero-order valence-corrected chi connectivity index (χ0v) is 10.8. The highest BCUT2D eigenvalue weighted by atomic mass is 32.1. The minimum atomic E-state index is -0.234. The number of hydrogen-bond donors (Lipinski definition) is 2. The number of carbonyl (C=O) groups excluding carboxylic acids is 1. The summed E-state index contributed by atoms with van der Waals surface area (Å²) in [5.74, 6) is 5.77. The molecule has 0 aliphatic heterocycles. The maximum Gasteiger partial charge on any atom is 0.275 e. The van der Waals surface area contributed by atoms with Crippen molar-refractivity contribution in [1.29, 1.82) is 0 Å². The van der Waals surface area contributed by atoms with E-state index in [9.17, 15) is 4.79 Å². The molecule has 0 aromatic carbocycles. The molecule has 17 heavy (non-hydrogen) atoms. The highest BCUT2D eigenvalue weighted by Crippen LogP contribution is 2.32. The van der Waals surface area contributed by atoms with Gasteiger partial charge in [-0.3, -0.25) is 10.2 Å². The summed E-state index contributed by atoms with van der Waals surface area (Å²) in [5, 5.41) is 0. The summed E-state index contributed by atoms with van der Waals surface area (Å²) < 4.78 is 5.62. The summed E-state index contributed by atoms with van der Waals surface area (Å²) >= 11 is 1.45. The summed E-state index contributed by atoms with van der Waals surface area (Å²) in [6.07, 6.45) is 3.89. The van der Waals surface area contributed by atoms with Crippen LogP contribution >= 0.6 is 11.3 Å². The third kappa shape index (κ3) is 3.52. The number of rotatable bonds is 6. The first kappa shape index (κ1) is 12.5. The molecule has 0 bridgehead atoms. The van der Waals surface area contributed by atoms with Crippen LogP contribution in [0.3, 0.4) is 0 Å². The zero-order chi connectivity index (χ0) is 12.3. The summed E-state index contributed by atoms with van der Waals surface area (Å²) in [7, 11) is 0. The van der Waals surface area contributed by atoms with Crippen LogP contribution in [0.25, 0.3) is 0 Å². The monoisotopic (exact) mass is 254 g/mol. The minimum absolute atomic E-state index is 0.234. The Labute approximate surface area is 105 Å². The maximum absolute atomic E-state index is 11.3. The van der Waals surface area contributed by atoms with E-state index < -0.39 is 0 Å². The Balaban J connectivity index is 1.82. The van der Waals surface area contributed by atoms with Crippen molar-refractivity contribution in [2.75, 3.05) is 6.61 Å². The Morgan fingerprint density at radius 2 is 2.41 bits per heavy atom. The molecule has 5 heteroatoms. The molecule has 2 rings (SSSR count). The minimum Gasteiger partial charge on any atom is -0.377 e. The number of nitrogens with two attached hydrogens (primary N) is 1. The van der Waals surface area contributed by atoms with E-state index >= 15 is 0 Å². The van der Waals surface area contributed by atoms with Gasteiger partial charge in [0.15, 0.2) is 0 Å². The molecule has 94 valence electrons. The Hall–Kier alpha value is -0.910.